The van der Waals surface area contributed by atoms with Crippen LogP contribution in [0.4, 0.5) is 0 Å². The van der Waals surface area contributed by atoms with E-state index in [1.54, 1.807) is 25.1 Å². The van der Waals surface area contributed by atoms with Crippen molar-refractivity contribution in [2.75, 3.05) is 5.75 Å². The minimum absolute atomic E-state index is 0.0538. The summed E-state index contributed by atoms with van der Waals surface area (Å²) in [5.41, 5.74) is 8.31. The van der Waals surface area contributed by atoms with Gasteiger partial charge in [-0.25, -0.2) is 5.43 Å². The summed E-state index contributed by atoms with van der Waals surface area (Å²) in [7, 11) is 0. The number of aromatic nitrogens is 3. The Labute approximate surface area is 237 Å². The zero-order valence-corrected chi connectivity index (χ0v) is 24.2. The average Bonchev–Trinajstić information content (AvgIpc) is 3.31. The number of hydrazone groups is 1. The van der Waals surface area contributed by atoms with Crippen molar-refractivity contribution in [3.05, 3.63) is 93.5 Å². The van der Waals surface area contributed by atoms with Crippen molar-refractivity contribution in [3.63, 3.8) is 0 Å². The minimum atomic E-state index is -0.260. The molecule has 4 rings (SSSR count). The van der Waals surface area contributed by atoms with Crippen molar-refractivity contribution in [1.29, 1.82) is 0 Å². The summed E-state index contributed by atoms with van der Waals surface area (Å²) < 4.78 is 1.98. The lowest BCUT2D eigenvalue weighted by Gasteiger charge is -2.19. The highest BCUT2D eigenvalue weighted by Gasteiger charge is 2.19. The fourth-order valence-electron chi connectivity index (χ4n) is 3.69. The van der Waals surface area contributed by atoms with E-state index in [1.165, 1.54) is 17.3 Å². The third kappa shape index (κ3) is 6.65. The van der Waals surface area contributed by atoms with E-state index in [2.05, 4.69) is 65.8 Å². The van der Waals surface area contributed by atoms with Crippen molar-refractivity contribution < 1.29 is 4.79 Å². The van der Waals surface area contributed by atoms with Crippen molar-refractivity contribution in [2.45, 2.75) is 45.2 Å². The number of hydrogen-bond acceptors (Lipinski definition) is 5. The molecule has 38 heavy (non-hydrogen) atoms. The highest BCUT2D eigenvalue weighted by Crippen LogP contribution is 2.30. The van der Waals surface area contributed by atoms with Gasteiger partial charge in [0.1, 0.15) is 0 Å². The van der Waals surface area contributed by atoms with Crippen LogP contribution >= 0.6 is 35.0 Å². The van der Waals surface area contributed by atoms with Gasteiger partial charge in [-0.1, -0.05) is 104 Å². The summed E-state index contributed by atoms with van der Waals surface area (Å²) in [6.07, 6.45) is 0. The van der Waals surface area contributed by atoms with Gasteiger partial charge >= 0.3 is 0 Å². The summed E-state index contributed by atoms with van der Waals surface area (Å²) in [6, 6.07) is 21.7. The number of nitrogens with one attached hydrogen (secondary N) is 1. The van der Waals surface area contributed by atoms with Crippen LogP contribution in [0, 0.1) is 6.92 Å². The molecule has 3 aromatic carbocycles. The first kappa shape index (κ1) is 27.9. The largest absolute Gasteiger partial charge is 0.272 e. The summed E-state index contributed by atoms with van der Waals surface area (Å²) >= 11 is 13.4. The summed E-state index contributed by atoms with van der Waals surface area (Å²) in [5, 5.41) is 14.6. The molecule has 1 N–H and O–H groups in total. The van der Waals surface area contributed by atoms with Gasteiger partial charge in [-0.05, 0) is 54.7 Å². The van der Waals surface area contributed by atoms with Crippen LogP contribution in [-0.4, -0.2) is 32.1 Å². The van der Waals surface area contributed by atoms with Crippen molar-refractivity contribution in [2.24, 2.45) is 5.10 Å². The quantitative estimate of drug-likeness (QED) is 0.143. The smallest absolute Gasteiger partial charge is 0.250 e. The van der Waals surface area contributed by atoms with Crippen LogP contribution in [0.5, 0.6) is 0 Å². The molecule has 6 nitrogen and oxygen atoms in total. The summed E-state index contributed by atoms with van der Waals surface area (Å²) in [6.45, 7) is 10.4. The average molecular weight is 567 g/mol. The summed E-state index contributed by atoms with van der Waals surface area (Å²) in [5.74, 6) is 0.570. The number of benzene rings is 3. The second-order valence-electron chi connectivity index (χ2n) is 9.95. The van der Waals surface area contributed by atoms with Crippen LogP contribution in [0.15, 0.2) is 77.0 Å². The third-order valence-electron chi connectivity index (χ3n) is 5.95. The second kappa shape index (κ2) is 11.7. The molecule has 4 aromatic rings. The van der Waals surface area contributed by atoms with Crippen LogP contribution in [0.1, 0.15) is 44.4 Å². The molecular formula is C29H29Cl2N5OS. The lowest BCUT2D eigenvalue weighted by molar-refractivity contribution is -0.118. The standard InChI is InChI=1S/C29H29Cl2N5OS/c1-18-6-13-23(14-7-18)36-27(20-8-11-22(12-9-20)29(3,4)5)34-35-28(36)38-17-26(37)33-32-19(2)21-10-15-24(30)25(31)16-21/h6-16H,17H2,1-5H3,(H,33,37)/b32-19-. The number of nitrogens with zero attached hydrogens (tertiary/aromatic N) is 4. The first-order valence-electron chi connectivity index (χ1n) is 12.1. The number of rotatable bonds is 7. The fraction of sp³-hybridized carbons (Fsp3) is 0.241. The topological polar surface area (TPSA) is 72.2 Å². The van der Waals surface area contributed by atoms with Gasteiger partial charge in [-0.2, -0.15) is 5.10 Å². The van der Waals surface area contributed by atoms with Crippen LogP contribution in [0.2, 0.25) is 10.0 Å². The van der Waals surface area contributed by atoms with E-state index in [-0.39, 0.29) is 17.1 Å². The SMILES string of the molecule is C/C(=N/NC(=O)CSc1nnc(-c2ccc(C(C)(C)C)cc2)n1-c1ccc(C)cc1)c1ccc(Cl)c(Cl)c1. The maximum Gasteiger partial charge on any atom is 0.250 e. The Morgan fingerprint density at radius 3 is 2.29 bits per heavy atom. The monoisotopic (exact) mass is 565 g/mol. The third-order valence-corrected chi connectivity index (χ3v) is 7.62. The molecule has 196 valence electrons. The molecule has 0 spiro atoms. The number of halogens is 2. The molecule has 1 amide bonds. The Bertz CT molecular complexity index is 1470. The van der Waals surface area contributed by atoms with E-state index in [9.17, 15) is 4.79 Å². The summed E-state index contributed by atoms with van der Waals surface area (Å²) in [4.78, 5) is 12.6. The molecule has 0 aliphatic carbocycles. The predicted molar refractivity (Wildman–Crippen MR) is 158 cm³/mol. The van der Waals surface area contributed by atoms with Gasteiger partial charge in [0.05, 0.1) is 21.5 Å². The van der Waals surface area contributed by atoms with E-state index < -0.39 is 0 Å². The number of aryl methyl sites for hydroxylation is 1. The van der Waals surface area contributed by atoms with Gasteiger partial charge in [0.25, 0.3) is 5.91 Å². The highest BCUT2D eigenvalue weighted by atomic mass is 35.5. The fourth-order valence-corrected chi connectivity index (χ4v) is 4.73. The predicted octanol–water partition coefficient (Wildman–Crippen LogP) is 7.48. The van der Waals surface area contributed by atoms with E-state index in [0.29, 0.717) is 26.7 Å². The van der Waals surface area contributed by atoms with Crippen LogP contribution in [0.25, 0.3) is 17.1 Å². The zero-order chi connectivity index (χ0) is 27.4. The number of carbonyl (C=O) groups excluding carboxylic acids is 1. The lowest BCUT2D eigenvalue weighted by atomic mass is 9.87. The second-order valence-corrected chi connectivity index (χ2v) is 11.7. The Morgan fingerprint density at radius 2 is 1.66 bits per heavy atom. The lowest BCUT2D eigenvalue weighted by Crippen LogP contribution is -2.21. The molecule has 1 aromatic heterocycles. The van der Waals surface area contributed by atoms with Crippen LogP contribution in [0.3, 0.4) is 0 Å². The molecule has 0 saturated heterocycles. The van der Waals surface area contributed by atoms with Crippen LogP contribution < -0.4 is 5.43 Å². The van der Waals surface area contributed by atoms with Gasteiger partial charge in [0, 0.05) is 11.3 Å². The molecule has 0 saturated carbocycles. The van der Waals surface area contributed by atoms with Crippen molar-refractivity contribution in [1.82, 2.24) is 20.2 Å². The van der Waals surface area contributed by atoms with Crippen molar-refractivity contribution >= 4 is 46.6 Å². The maximum atomic E-state index is 12.6. The van der Waals surface area contributed by atoms with Gasteiger partial charge in [-0.3, -0.25) is 9.36 Å². The first-order valence-corrected chi connectivity index (χ1v) is 13.8. The van der Waals surface area contributed by atoms with Gasteiger partial charge < -0.3 is 0 Å². The molecule has 0 radical (unpaired) electrons. The van der Waals surface area contributed by atoms with Crippen LogP contribution in [-0.2, 0) is 10.2 Å². The number of thioether (sulfide) groups is 1. The molecule has 0 aliphatic heterocycles. The molecule has 0 atom stereocenters. The Kier molecular flexibility index (Phi) is 8.61. The maximum absolute atomic E-state index is 12.6. The Hall–Kier alpha value is -3.13. The molecule has 0 bridgehead atoms. The number of carbonyl (C=O) groups is 1. The number of amides is 1. The molecule has 1 heterocycles. The van der Waals surface area contributed by atoms with Gasteiger partial charge in [0.15, 0.2) is 11.0 Å². The van der Waals surface area contributed by atoms with E-state index in [0.717, 1.165) is 22.4 Å². The molecule has 0 aliphatic rings. The van der Waals surface area contributed by atoms with Gasteiger partial charge in [-0.15, -0.1) is 10.2 Å². The van der Waals surface area contributed by atoms with E-state index in [1.807, 2.05) is 35.8 Å². The first-order chi connectivity index (χ1) is 18.0. The minimum Gasteiger partial charge on any atom is -0.272 e. The number of hydrogen-bond donors (Lipinski definition) is 1. The normalized spacial score (nSPS) is 12.0. The molecule has 0 fully saturated rings. The molecule has 9 heteroatoms. The molecule has 0 unspecified atom stereocenters. The Balaban J connectivity index is 1.55. The van der Waals surface area contributed by atoms with Crippen molar-refractivity contribution in [3.8, 4) is 17.1 Å². The molecular weight excluding hydrogens is 537 g/mol. The van der Waals surface area contributed by atoms with E-state index >= 15 is 0 Å². The zero-order valence-electron chi connectivity index (χ0n) is 21.9. The van der Waals surface area contributed by atoms with E-state index in [4.69, 9.17) is 23.2 Å². The Morgan fingerprint density at radius 1 is 0.974 bits per heavy atom. The van der Waals surface area contributed by atoms with Gasteiger partial charge in [0.2, 0.25) is 0 Å². The highest BCUT2D eigenvalue weighted by molar-refractivity contribution is 7.99.